The van der Waals surface area contributed by atoms with Crippen molar-refractivity contribution in [3.05, 3.63) is 54.1 Å². The molecule has 2 aromatic carbocycles. The molecule has 0 radical (unpaired) electrons. The smallest absolute Gasteiger partial charge is 0.319 e. The molecular formula is C24H32N4O3. The summed E-state index contributed by atoms with van der Waals surface area (Å²) < 4.78 is 5.56. The lowest BCUT2D eigenvalue weighted by atomic mass is 10.0. The quantitative estimate of drug-likeness (QED) is 0.592. The third-order valence-corrected chi connectivity index (χ3v) is 5.45. The van der Waals surface area contributed by atoms with Crippen LogP contribution in [-0.2, 0) is 4.79 Å². The van der Waals surface area contributed by atoms with Gasteiger partial charge in [0, 0.05) is 29.4 Å². The van der Waals surface area contributed by atoms with E-state index in [0.29, 0.717) is 17.9 Å². The summed E-state index contributed by atoms with van der Waals surface area (Å²) in [7, 11) is 1.67. The molecule has 1 saturated heterocycles. The van der Waals surface area contributed by atoms with Gasteiger partial charge in [-0.1, -0.05) is 38.1 Å². The van der Waals surface area contributed by atoms with Gasteiger partial charge in [0.15, 0.2) is 0 Å². The van der Waals surface area contributed by atoms with Gasteiger partial charge in [0.25, 0.3) is 0 Å². The third kappa shape index (κ3) is 6.21. The van der Waals surface area contributed by atoms with Crippen molar-refractivity contribution in [3.63, 3.8) is 0 Å². The second kappa shape index (κ2) is 10.8. The topological polar surface area (TPSA) is 82.7 Å². The first kappa shape index (κ1) is 22.6. The average Bonchev–Trinajstić information content (AvgIpc) is 3.29. The highest BCUT2D eigenvalue weighted by molar-refractivity contribution is 5.94. The van der Waals surface area contributed by atoms with Crippen LogP contribution in [0.25, 0.3) is 0 Å². The normalized spacial score (nSPS) is 14.8. The summed E-state index contributed by atoms with van der Waals surface area (Å²) in [5, 5.41) is 8.71. The van der Waals surface area contributed by atoms with E-state index in [-0.39, 0.29) is 23.9 Å². The van der Waals surface area contributed by atoms with Crippen molar-refractivity contribution >= 4 is 23.3 Å². The molecule has 7 nitrogen and oxygen atoms in total. The van der Waals surface area contributed by atoms with E-state index in [4.69, 9.17) is 4.74 Å². The fourth-order valence-corrected chi connectivity index (χ4v) is 3.76. The fourth-order valence-electron chi connectivity index (χ4n) is 3.76. The van der Waals surface area contributed by atoms with Crippen molar-refractivity contribution in [1.29, 1.82) is 0 Å². The number of hydrogen-bond donors (Lipinski definition) is 3. The minimum atomic E-state index is -0.286. The largest absolute Gasteiger partial charge is 0.496 e. The second-order valence-electron chi connectivity index (χ2n) is 8.06. The van der Waals surface area contributed by atoms with E-state index in [1.54, 1.807) is 31.4 Å². The molecule has 3 rings (SSSR count). The van der Waals surface area contributed by atoms with Crippen LogP contribution in [0.1, 0.15) is 38.3 Å². The van der Waals surface area contributed by atoms with Crippen molar-refractivity contribution < 1.29 is 14.3 Å². The summed E-state index contributed by atoms with van der Waals surface area (Å²) >= 11 is 0. The number of rotatable bonds is 8. The second-order valence-corrected chi connectivity index (χ2v) is 8.06. The highest BCUT2D eigenvalue weighted by Gasteiger charge is 2.26. The first-order chi connectivity index (χ1) is 15.0. The van der Waals surface area contributed by atoms with E-state index in [1.807, 2.05) is 32.0 Å². The summed E-state index contributed by atoms with van der Waals surface area (Å²) in [6, 6.07) is 14.9. The zero-order chi connectivity index (χ0) is 22.2. The molecule has 0 bridgehead atoms. The van der Waals surface area contributed by atoms with Crippen LogP contribution in [0.5, 0.6) is 5.75 Å². The van der Waals surface area contributed by atoms with Crippen molar-refractivity contribution in [3.8, 4) is 5.75 Å². The summed E-state index contributed by atoms with van der Waals surface area (Å²) in [5.41, 5.74) is 2.35. The Hall–Kier alpha value is -3.06. The van der Waals surface area contributed by atoms with Gasteiger partial charge in [0.2, 0.25) is 5.91 Å². The summed E-state index contributed by atoms with van der Waals surface area (Å²) in [5.74, 6) is 0.652. The van der Waals surface area contributed by atoms with Crippen LogP contribution in [0, 0.1) is 5.92 Å². The van der Waals surface area contributed by atoms with Gasteiger partial charge in [-0.05, 0) is 50.2 Å². The molecule has 2 aromatic rings. The lowest BCUT2D eigenvalue weighted by molar-refractivity contribution is -0.118. The van der Waals surface area contributed by atoms with Crippen molar-refractivity contribution in [2.75, 3.05) is 37.4 Å². The van der Waals surface area contributed by atoms with Gasteiger partial charge < -0.3 is 20.7 Å². The molecule has 31 heavy (non-hydrogen) atoms. The maximum absolute atomic E-state index is 12.6. The van der Waals surface area contributed by atoms with Crippen molar-refractivity contribution in [2.24, 2.45) is 5.92 Å². The highest BCUT2D eigenvalue weighted by Crippen LogP contribution is 2.31. The summed E-state index contributed by atoms with van der Waals surface area (Å²) in [6.07, 6.45) is 2.32. The van der Waals surface area contributed by atoms with Crippen LogP contribution >= 0.6 is 0 Å². The van der Waals surface area contributed by atoms with Crippen LogP contribution in [0.4, 0.5) is 16.2 Å². The molecule has 0 saturated carbocycles. The number of benzene rings is 2. The Morgan fingerprint density at radius 1 is 1.00 bits per heavy atom. The molecule has 3 amide bonds. The number of nitrogens with one attached hydrogen (secondary N) is 3. The number of ether oxygens (including phenoxy) is 1. The van der Waals surface area contributed by atoms with Crippen LogP contribution in [0.3, 0.4) is 0 Å². The number of likely N-dealkylation sites (tertiary alicyclic amines) is 1. The Morgan fingerprint density at radius 2 is 1.68 bits per heavy atom. The third-order valence-electron chi connectivity index (χ3n) is 5.45. The van der Waals surface area contributed by atoms with Crippen LogP contribution in [0.2, 0.25) is 0 Å². The molecule has 0 aromatic heterocycles. The van der Waals surface area contributed by atoms with E-state index in [1.165, 1.54) is 0 Å². The SMILES string of the molecule is COc1ccccc1C(CNC(=O)Nc1cccc(NC(=O)C(C)C)c1)N1CCCC1. The maximum Gasteiger partial charge on any atom is 0.319 e. The number of methoxy groups -OCH3 is 1. The highest BCUT2D eigenvalue weighted by atomic mass is 16.5. The zero-order valence-corrected chi connectivity index (χ0v) is 18.5. The van der Waals surface area contributed by atoms with E-state index in [9.17, 15) is 9.59 Å². The van der Waals surface area contributed by atoms with Gasteiger partial charge in [0.1, 0.15) is 5.75 Å². The molecular weight excluding hydrogens is 392 g/mol. The van der Waals surface area contributed by atoms with Crippen molar-refractivity contribution in [2.45, 2.75) is 32.7 Å². The Morgan fingerprint density at radius 3 is 2.35 bits per heavy atom. The van der Waals surface area contributed by atoms with Crippen LogP contribution < -0.4 is 20.7 Å². The number of carbonyl (C=O) groups excluding carboxylic acids is 2. The number of urea groups is 1. The van der Waals surface area contributed by atoms with Crippen LogP contribution in [-0.4, -0.2) is 43.6 Å². The molecule has 1 aliphatic rings. The van der Waals surface area contributed by atoms with Gasteiger partial charge in [-0.25, -0.2) is 4.79 Å². The number of carbonyl (C=O) groups is 2. The summed E-state index contributed by atoms with van der Waals surface area (Å²) in [6.45, 7) is 6.15. The number of amides is 3. The molecule has 0 aliphatic carbocycles. The molecule has 1 aliphatic heterocycles. The molecule has 1 heterocycles. The standard InChI is InChI=1S/C24H32N4O3/c1-17(2)23(29)26-18-9-8-10-19(15-18)27-24(30)25-16-21(28-13-6-7-14-28)20-11-4-5-12-22(20)31-3/h4-5,8-12,15,17,21H,6-7,13-14,16H2,1-3H3,(H,26,29)(H2,25,27,30). The van der Waals surface area contributed by atoms with Gasteiger partial charge in [-0.2, -0.15) is 0 Å². The minimum absolute atomic E-state index is 0.0427. The minimum Gasteiger partial charge on any atom is -0.496 e. The predicted octanol–water partition coefficient (Wildman–Crippen LogP) is 4.25. The fraction of sp³-hybridized carbons (Fsp3) is 0.417. The van der Waals surface area contributed by atoms with Gasteiger partial charge in [-0.3, -0.25) is 9.69 Å². The number of nitrogens with zero attached hydrogens (tertiary/aromatic N) is 1. The predicted molar refractivity (Wildman–Crippen MR) is 123 cm³/mol. The Bertz CT molecular complexity index is 894. The number of anilines is 2. The van der Waals surface area contributed by atoms with E-state index in [0.717, 1.165) is 37.2 Å². The molecule has 0 spiro atoms. The van der Waals surface area contributed by atoms with E-state index >= 15 is 0 Å². The van der Waals surface area contributed by atoms with Gasteiger partial charge in [-0.15, -0.1) is 0 Å². The zero-order valence-electron chi connectivity index (χ0n) is 18.5. The average molecular weight is 425 g/mol. The lowest BCUT2D eigenvalue weighted by Crippen LogP contribution is -2.38. The van der Waals surface area contributed by atoms with Crippen molar-refractivity contribution in [1.82, 2.24) is 10.2 Å². The molecule has 1 fully saturated rings. The van der Waals surface area contributed by atoms with Gasteiger partial charge >= 0.3 is 6.03 Å². The number of para-hydroxylation sites is 1. The lowest BCUT2D eigenvalue weighted by Gasteiger charge is -2.29. The summed E-state index contributed by atoms with van der Waals surface area (Å²) in [4.78, 5) is 26.9. The number of hydrogen-bond acceptors (Lipinski definition) is 4. The Labute approximate surface area is 184 Å². The first-order valence-electron chi connectivity index (χ1n) is 10.8. The molecule has 166 valence electrons. The molecule has 1 atom stereocenters. The molecule has 3 N–H and O–H groups in total. The van der Waals surface area contributed by atoms with E-state index in [2.05, 4.69) is 26.9 Å². The first-order valence-corrected chi connectivity index (χ1v) is 10.8. The van der Waals surface area contributed by atoms with Crippen LogP contribution in [0.15, 0.2) is 48.5 Å². The monoisotopic (exact) mass is 424 g/mol. The van der Waals surface area contributed by atoms with Gasteiger partial charge in [0.05, 0.1) is 13.2 Å². The Kier molecular flexibility index (Phi) is 7.89. The molecule has 1 unspecified atom stereocenters. The molecule has 7 heteroatoms. The maximum atomic E-state index is 12.6. The Balaban J connectivity index is 1.64. The van der Waals surface area contributed by atoms with E-state index < -0.39 is 0 Å².